The molecule has 230 valence electrons. The van der Waals surface area contributed by atoms with Gasteiger partial charge >= 0.3 is 0 Å². The summed E-state index contributed by atoms with van der Waals surface area (Å²) in [4.78, 5) is 24.1. The van der Waals surface area contributed by atoms with Crippen LogP contribution >= 0.6 is 0 Å². The molecule has 1 unspecified atom stereocenters. The third-order valence-electron chi connectivity index (χ3n) is 9.16. The monoisotopic (exact) mass is 611 g/mol. The van der Waals surface area contributed by atoms with Gasteiger partial charge in [0.1, 0.15) is 0 Å². The van der Waals surface area contributed by atoms with Gasteiger partial charge in [-0.25, -0.2) is 4.68 Å². The Morgan fingerprint density at radius 1 is 0.977 bits per heavy atom. The Morgan fingerprint density at radius 2 is 1.70 bits per heavy atom. The Bertz CT molecular complexity index is 1740. The molecule has 1 aliphatic rings. The average Bonchev–Trinajstić information content (AvgIpc) is 3.72. The number of aliphatic hydroxyl groups excluding tert-OH is 1. The highest BCUT2D eigenvalue weighted by Crippen LogP contribution is 2.45. The predicted molar refractivity (Wildman–Crippen MR) is 174 cm³/mol. The lowest BCUT2D eigenvalue weighted by Gasteiger charge is -2.30. The molecule has 1 saturated heterocycles. The summed E-state index contributed by atoms with van der Waals surface area (Å²) in [5.74, 6) is 0.0186. The maximum absolute atomic E-state index is 12.8. The summed E-state index contributed by atoms with van der Waals surface area (Å²) >= 11 is 0. The van der Waals surface area contributed by atoms with E-state index in [0.29, 0.717) is 11.9 Å². The second-order valence-electron chi connectivity index (χ2n) is 12.6. The topological polar surface area (TPSA) is 118 Å². The van der Waals surface area contributed by atoms with Crippen molar-refractivity contribution in [2.75, 3.05) is 6.61 Å². The summed E-state index contributed by atoms with van der Waals surface area (Å²) in [6.07, 6.45) is 4.32. The largest absolute Gasteiger partial charge is 0.432 e. The second-order valence-corrected chi connectivity index (χ2v) is 16.6. The molecule has 44 heavy (non-hydrogen) atoms. The molecular weight excluding hydrogens is 570 g/mol. The Labute approximate surface area is 258 Å². The van der Waals surface area contributed by atoms with Crippen LogP contribution in [0.15, 0.2) is 89.9 Å². The number of aliphatic hydroxyl groups is 1. The number of aryl methyl sites for hydroxylation is 2. The summed E-state index contributed by atoms with van der Waals surface area (Å²) in [7, 11) is -2.51. The number of fused-ring (bicyclic) bond motifs is 1. The van der Waals surface area contributed by atoms with Gasteiger partial charge in [0.2, 0.25) is 0 Å². The number of benzene rings is 3. The molecule has 0 saturated carbocycles. The number of hydrogen-bond acceptors (Lipinski definition) is 6. The van der Waals surface area contributed by atoms with Crippen LogP contribution in [0.4, 0.5) is 0 Å². The third kappa shape index (κ3) is 6.21. The van der Waals surface area contributed by atoms with Crippen molar-refractivity contribution in [3.63, 3.8) is 0 Å². The zero-order valence-corrected chi connectivity index (χ0v) is 26.5. The molecule has 0 amide bonds. The maximum atomic E-state index is 12.8. The van der Waals surface area contributed by atoms with Crippen molar-refractivity contribution in [2.45, 2.75) is 69.5 Å². The van der Waals surface area contributed by atoms with Crippen molar-refractivity contribution in [1.82, 2.24) is 24.8 Å². The molecule has 0 spiro atoms. The third-order valence-corrected chi connectivity index (χ3v) is 11.7. The molecule has 3 heterocycles. The first-order chi connectivity index (χ1) is 21.2. The Hall–Kier alpha value is -3.83. The van der Waals surface area contributed by atoms with Gasteiger partial charge in [0.15, 0.2) is 8.32 Å². The van der Waals surface area contributed by atoms with Crippen LogP contribution in [0, 0.1) is 5.92 Å². The quantitative estimate of drug-likeness (QED) is 0.180. The Balaban J connectivity index is 1.09. The van der Waals surface area contributed by atoms with E-state index in [2.05, 4.69) is 34.5 Å². The van der Waals surface area contributed by atoms with Gasteiger partial charge in [-0.3, -0.25) is 14.6 Å². The van der Waals surface area contributed by atoms with Gasteiger partial charge in [-0.1, -0.05) is 66.7 Å². The number of aromatic amines is 1. The standard InChI is InChI=1S/C34H41N5O4Si/c1-23-31(18-15-24-13-16-26(17-14-24)39-34(41)27-11-7-8-12-29(27)36-39)43-32(33(23)44(2,3)42)19-20-38-21-30(35-37-38)28(22-40)25-9-5-4-6-10-25/h4-14,16-17,21,23,28,31-33,36,40,42H,15,18-20,22H2,1-3H3/t23-,28?,31+,32-,33+/m1/s1. The van der Waals surface area contributed by atoms with Crippen LogP contribution < -0.4 is 5.56 Å². The molecule has 3 aromatic carbocycles. The highest BCUT2D eigenvalue weighted by atomic mass is 28.4. The lowest BCUT2D eigenvalue weighted by Crippen LogP contribution is -2.40. The first-order valence-corrected chi connectivity index (χ1v) is 18.5. The van der Waals surface area contributed by atoms with Crippen molar-refractivity contribution >= 4 is 19.2 Å². The van der Waals surface area contributed by atoms with Crippen LogP contribution in [0.3, 0.4) is 0 Å². The fourth-order valence-corrected chi connectivity index (χ4v) is 9.59. The normalized spacial score (nSPS) is 21.2. The molecule has 0 bridgehead atoms. The molecular formula is C34H41N5O4Si. The highest BCUT2D eigenvalue weighted by Gasteiger charge is 2.49. The number of nitrogens with zero attached hydrogens (tertiary/aromatic N) is 4. The number of rotatable bonds is 11. The first-order valence-electron chi connectivity index (χ1n) is 15.5. The zero-order valence-electron chi connectivity index (χ0n) is 25.5. The predicted octanol–water partition coefficient (Wildman–Crippen LogP) is 5.03. The molecule has 5 aromatic rings. The van der Waals surface area contributed by atoms with Crippen molar-refractivity contribution in [2.24, 2.45) is 5.92 Å². The fraction of sp³-hybridized carbons (Fsp3) is 0.382. The number of ether oxygens (including phenoxy) is 1. The van der Waals surface area contributed by atoms with Crippen LogP contribution in [0.1, 0.15) is 42.5 Å². The zero-order chi connectivity index (χ0) is 30.8. The average molecular weight is 612 g/mol. The molecule has 6 rings (SSSR count). The van der Waals surface area contributed by atoms with Crippen LogP contribution in [0.5, 0.6) is 0 Å². The van der Waals surface area contributed by atoms with Gasteiger partial charge in [0.05, 0.1) is 47.0 Å². The summed E-state index contributed by atoms with van der Waals surface area (Å²) in [6, 6.07) is 25.5. The van der Waals surface area contributed by atoms with Crippen molar-refractivity contribution < 1.29 is 14.6 Å². The molecule has 2 aromatic heterocycles. The van der Waals surface area contributed by atoms with E-state index >= 15 is 0 Å². The number of H-pyrrole nitrogens is 1. The van der Waals surface area contributed by atoms with E-state index in [0.717, 1.165) is 41.7 Å². The molecule has 0 radical (unpaired) electrons. The molecule has 0 aliphatic carbocycles. The van der Waals surface area contributed by atoms with Gasteiger partial charge in [-0.2, -0.15) is 0 Å². The summed E-state index contributed by atoms with van der Waals surface area (Å²) in [6.45, 7) is 6.82. The Morgan fingerprint density at radius 3 is 2.41 bits per heavy atom. The number of nitrogens with one attached hydrogen (secondary N) is 1. The van der Waals surface area contributed by atoms with Gasteiger partial charge in [0, 0.05) is 18.3 Å². The van der Waals surface area contributed by atoms with E-state index in [1.54, 1.807) is 4.68 Å². The van der Waals surface area contributed by atoms with Gasteiger partial charge in [0.25, 0.3) is 5.56 Å². The van der Waals surface area contributed by atoms with Gasteiger partial charge < -0.3 is 14.6 Å². The van der Waals surface area contributed by atoms with Crippen LogP contribution in [0.2, 0.25) is 18.6 Å². The first kappa shape index (κ1) is 30.2. The number of hydrogen-bond donors (Lipinski definition) is 3. The van der Waals surface area contributed by atoms with E-state index in [4.69, 9.17) is 4.74 Å². The minimum absolute atomic E-state index is 0.0374. The Kier molecular flexibility index (Phi) is 8.68. The van der Waals surface area contributed by atoms with E-state index in [9.17, 15) is 14.7 Å². The van der Waals surface area contributed by atoms with Crippen LogP contribution in [-0.4, -0.2) is 61.8 Å². The summed E-state index contributed by atoms with van der Waals surface area (Å²) < 4.78 is 10.1. The van der Waals surface area contributed by atoms with Crippen molar-refractivity contribution in [3.8, 4) is 5.69 Å². The molecule has 1 aliphatic heterocycles. The van der Waals surface area contributed by atoms with E-state index in [1.807, 2.05) is 90.7 Å². The van der Waals surface area contributed by atoms with E-state index < -0.39 is 8.32 Å². The lowest BCUT2D eigenvalue weighted by atomic mass is 9.95. The SMILES string of the molecule is C[C@H]1[C@H]([Si](C)(C)O)[C@@H](CCn2cc(C(CO)c3ccccc3)nn2)O[C@H]1CCc1ccc(-n2[nH]c3ccccc3c2=O)cc1. The lowest BCUT2D eigenvalue weighted by molar-refractivity contribution is 0.0245. The van der Waals surface area contributed by atoms with E-state index in [-0.39, 0.29) is 41.8 Å². The van der Waals surface area contributed by atoms with E-state index in [1.165, 1.54) is 5.56 Å². The maximum Gasteiger partial charge on any atom is 0.279 e. The number of para-hydroxylation sites is 1. The summed E-state index contributed by atoms with van der Waals surface area (Å²) in [5.41, 5.74) is 4.61. The smallest absolute Gasteiger partial charge is 0.279 e. The molecule has 1 fully saturated rings. The molecule has 3 N–H and O–H groups in total. The second kappa shape index (κ2) is 12.6. The minimum atomic E-state index is -2.51. The van der Waals surface area contributed by atoms with Crippen molar-refractivity contribution in [1.29, 1.82) is 0 Å². The number of aromatic nitrogens is 5. The van der Waals surface area contributed by atoms with Crippen molar-refractivity contribution in [3.05, 3.63) is 112 Å². The summed E-state index contributed by atoms with van der Waals surface area (Å²) in [5, 5.41) is 22.6. The van der Waals surface area contributed by atoms with Crippen LogP contribution in [-0.2, 0) is 17.7 Å². The molecule has 5 atom stereocenters. The molecule has 9 nitrogen and oxygen atoms in total. The highest BCUT2D eigenvalue weighted by molar-refractivity contribution is 6.71. The fourth-order valence-electron chi connectivity index (χ4n) is 6.94. The molecule has 10 heteroatoms. The van der Waals surface area contributed by atoms with Gasteiger partial charge in [-0.15, -0.1) is 5.10 Å². The minimum Gasteiger partial charge on any atom is -0.432 e. The van der Waals surface area contributed by atoms with Gasteiger partial charge in [-0.05, 0) is 73.7 Å². The van der Waals surface area contributed by atoms with Crippen LogP contribution in [0.25, 0.3) is 16.6 Å².